The zero-order valence-electron chi connectivity index (χ0n) is 25.1. The molecule has 0 saturated carbocycles. The second-order valence-corrected chi connectivity index (χ2v) is 12.0. The van der Waals surface area contributed by atoms with Crippen molar-refractivity contribution in [3.63, 3.8) is 0 Å². The number of hydrogen-bond donors (Lipinski definition) is 2. The van der Waals surface area contributed by atoms with Crippen LogP contribution in [0.2, 0.25) is 0 Å². The van der Waals surface area contributed by atoms with Gasteiger partial charge in [-0.2, -0.15) is 0 Å². The van der Waals surface area contributed by atoms with Crippen molar-refractivity contribution in [2.24, 2.45) is 22.7 Å². The predicted molar refractivity (Wildman–Crippen MR) is 166 cm³/mol. The molecular weight excluding hydrogens is 508 g/mol. The normalized spacial score (nSPS) is 25.5. The van der Waals surface area contributed by atoms with Gasteiger partial charge in [0.15, 0.2) is 0 Å². The van der Waals surface area contributed by atoms with Gasteiger partial charge in [-0.25, -0.2) is 0 Å². The van der Waals surface area contributed by atoms with Gasteiger partial charge in [-0.1, -0.05) is 101 Å². The molecule has 0 fully saturated rings. The van der Waals surface area contributed by atoms with Crippen LogP contribution >= 0.6 is 0 Å². The Bertz CT molecular complexity index is 1250. The highest BCUT2D eigenvalue weighted by Crippen LogP contribution is 2.73. The maximum atomic E-state index is 9.41. The summed E-state index contributed by atoms with van der Waals surface area (Å²) in [6, 6.07) is 18.2. The lowest BCUT2D eigenvalue weighted by Gasteiger charge is -2.63. The average molecular weight is 555 g/mol. The molecule has 4 unspecified atom stereocenters. The molecule has 0 spiro atoms. The first-order chi connectivity index (χ1) is 20.0. The standard InChI is InChI=1S/C37H46O4/c1-5-27(3)35(19-15-29(16-20-35)40-25-23-38)37(33-13-9-7-11-31(33)32-12-8-10-14-34(32)37)36(28(4)6-2)21-17-30(18-22-36)41-26-24-39/h7-19,21,27-28,38-39H,5-6,20,22-26H2,1-4H3. The van der Waals surface area contributed by atoms with Crippen LogP contribution in [0.25, 0.3) is 11.1 Å². The lowest BCUT2D eigenvalue weighted by Crippen LogP contribution is -2.60. The largest absolute Gasteiger partial charge is 0.492 e. The van der Waals surface area contributed by atoms with Crippen molar-refractivity contribution in [3.05, 3.63) is 108 Å². The molecule has 3 aliphatic carbocycles. The van der Waals surface area contributed by atoms with E-state index in [2.05, 4.69) is 113 Å². The minimum Gasteiger partial charge on any atom is -0.492 e. The first-order valence-corrected chi connectivity index (χ1v) is 15.4. The minimum atomic E-state index is -0.372. The van der Waals surface area contributed by atoms with Gasteiger partial charge in [-0.05, 0) is 71.2 Å². The van der Waals surface area contributed by atoms with E-state index in [-0.39, 0.29) is 29.5 Å². The highest BCUT2D eigenvalue weighted by molar-refractivity contribution is 5.83. The third kappa shape index (κ3) is 4.42. The molecule has 4 atom stereocenters. The third-order valence-electron chi connectivity index (χ3n) is 10.4. The molecule has 0 saturated heterocycles. The van der Waals surface area contributed by atoms with Crippen LogP contribution in [-0.2, 0) is 14.9 Å². The molecule has 0 aromatic heterocycles. The minimum absolute atomic E-state index is 0.00130. The number of benzene rings is 2. The van der Waals surface area contributed by atoms with Gasteiger partial charge in [0.2, 0.25) is 0 Å². The number of rotatable bonds is 12. The first-order valence-electron chi connectivity index (χ1n) is 15.4. The second kappa shape index (κ2) is 12.0. The van der Waals surface area contributed by atoms with Crippen molar-refractivity contribution in [1.29, 1.82) is 0 Å². The van der Waals surface area contributed by atoms with Gasteiger partial charge in [0.05, 0.1) is 13.2 Å². The SMILES string of the molecule is CCC(C)C1(C2(C3(C(C)CC)C=CC(OCCO)=CC3)c3ccccc3-c3ccccc32)C=CC(OCCO)=CC1. The maximum Gasteiger partial charge on any atom is 0.115 e. The van der Waals surface area contributed by atoms with Crippen molar-refractivity contribution in [2.45, 2.75) is 58.8 Å². The molecule has 41 heavy (non-hydrogen) atoms. The smallest absolute Gasteiger partial charge is 0.115 e. The summed E-state index contributed by atoms with van der Waals surface area (Å²) in [4.78, 5) is 0. The van der Waals surface area contributed by atoms with Crippen molar-refractivity contribution >= 4 is 0 Å². The quantitative estimate of drug-likeness (QED) is 0.282. The van der Waals surface area contributed by atoms with Crippen LogP contribution in [0.1, 0.15) is 64.5 Å². The Kier molecular flexibility index (Phi) is 8.63. The van der Waals surface area contributed by atoms with Crippen molar-refractivity contribution < 1.29 is 19.7 Å². The number of hydrogen-bond acceptors (Lipinski definition) is 4. The van der Waals surface area contributed by atoms with E-state index in [0.717, 1.165) is 37.2 Å². The Labute approximate surface area is 246 Å². The topological polar surface area (TPSA) is 58.9 Å². The van der Waals surface area contributed by atoms with Gasteiger partial charge in [0.25, 0.3) is 0 Å². The van der Waals surface area contributed by atoms with Crippen molar-refractivity contribution in [1.82, 2.24) is 0 Å². The molecule has 2 N–H and O–H groups in total. The fraction of sp³-hybridized carbons (Fsp3) is 0.459. The number of aliphatic hydroxyl groups is 2. The van der Waals surface area contributed by atoms with Crippen LogP contribution in [0.5, 0.6) is 0 Å². The number of ether oxygens (including phenoxy) is 2. The Morgan fingerprint density at radius 2 is 1.10 bits per heavy atom. The monoisotopic (exact) mass is 554 g/mol. The zero-order valence-corrected chi connectivity index (χ0v) is 25.1. The fourth-order valence-corrected chi connectivity index (χ4v) is 8.24. The summed E-state index contributed by atoms with van der Waals surface area (Å²) >= 11 is 0. The molecule has 2 aromatic rings. The van der Waals surface area contributed by atoms with Crippen molar-refractivity contribution in [3.8, 4) is 11.1 Å². The van der Waals surface area contributed by atoms with Gasteiger partial charge in [-0.3, -0.25) is 0 Å². The molecule has 218 valence electrons. The summed E-state index contributed by atoms with van der Waals surface area (Å²) in [5, 5.41) is 18.8. The second-order valence-electron chi connectivity index (χ2n) is 12.0. The Morgan fingerprint density at radius 1 is 0.683 bits per heavy atom. The number of fused-ring (bicyclic) bond motifs is 3. The molecule has 3 aliphatic rings. The Balaban J connectivity index is 1.85. The molecule has 0 aliphatic heterocycles. The summed E-state index contributed by atoms with van der Waals surface area (Å²) in [6.07, 6.45) is 17.5. The molecule has 0 amide bonds. The molecule has 5 rings (SSSR count). The van der Waals surface area contributed by atoms with Crippen LogP contribution in [0.15, 0.2) is 96.5 Å². The average Bonchev–Trinajstić information content (AvgIpc) is 3.34. The van der Waals surface area contributed by atoms with E-state index in [1.165, 1.54) is 22.3 Å². The van der Waals surface area contributed by atoms with E-state index in [0.29, 0.717) is 25.0 Å². The molecule has 4 heteroatoms. The van der Waals surface area contributed by atoms with E-state index in [9.17, 15) is 10.2 Å². The van der Waals surface area contributed by atoms with E-state index in [4.69, 9.17) is 9.47 Å². The van der Waals surface area contributed by atoms with Crippen molar-refractivity contribution in [2.75, 3.05) is 26.4 Å². The molecule has 0 heterocycles. The lowest BCUT2D eigenvalue weighted by molar-refractivity contribution is 0.000706. The van der Waals surface area contributed by atoms with Crippen LogP contribution in [0, 0.1) is 22.7 Å². The van der Waals surface area contributed by atoms with E-state index < -0.39 is 0 Å². The maximum absolute atomic E-state index is 9.41. The summed E-state index contributed by atoms with van der Waals surface area (Å²) in [5.74, 6) is 2.39. The Hall–Kier alpha value is -3.08. The highest BCUT2D eigenvalue weighted by atomic mass is 16.5. The highest BCUT2D eigenvalue weighted by Gasteiger charge is 2.67. The van der Waals surface area contributed by atoms with Gasteiger partial charge < -0.3 is 19.7 Å². The predicted octanol–water partition coefficient (Wildman–Crippen LogP) is 7.72. The molecule has 0 bridgehead atoms. The van der Waals surface area contributed by atoms with Gasteiger partial charge >= 0.3 is 0 Å². The fourth-order valence-electron chi connectivity index (χ4n) is 8.24. The molecule has 0 radical (unpaired) electrons. The lowest BCUT2D eigenvalue weighted by atomic mass is 9.39. The van der Waals surface area contributed by atoms with E-state index >= 15 is 0 Å². The van der Waals surface area contributed by atoms with Crippen LogP contribution in [0.4, 0.5) is 0 Å². The molecule has 4 nitrogen and oxygen atoms in total. The first kappa shape index (κ1) is 29.4. The van der Waals surface area contributed by atoms with Gasteiger partial charge in [0, 0.05) is 16.2 Å². The Morgan fingerprint density at radius 3 is 1.44 bits per heavy atom. The summed E-state index contributed by atoms with van der Waals surface area (Å²) < 4.78 is 11.9. The van der Waals surface area contributed by atoms with Crippen LogP contribution in [-0.4, -0.2) is 36.6 Å². The zero-order chi connectivity index (χ0) is 29.1. The van der Waals surface area contributed by atoms with Crippen LogP contribution < -0.4 is 0 Å². The summed E-state index contributed by atoms with van der Waals surface area (Å²) in [5.41, 5.74) is 4.59. The molecular formula is C37H46O4. The third-order valence-corrected chi connectivity index (χ3v) is 10.4. The summed E-state index contributed by atoms with van der Waals surface area (Å²) in [6.45, 7) is 10.1. The van der Waals surface area contributed by atoms with Crippen LogP contribution in [0.3, 0.4) is 0 Å². The van der Waals surface area contributed by atoms with E-state index in [1.54, 1.807) is 0 Å². The summed E-state index contributed by atoms with van der Waals surface area (Å²) in [7, 11) is 0. The van der Waals surface area contributed by atoms with Gasteiger partial charge in [0.1, 0.15) is 24.7 Å². The molecule has 2 aromatic carbocycles. The number of allylic oxidation sites excluding steroid dienone is 6. The van der Waals surface area contributed by atoms with E-state index in [1.807, 2.05) is 0 Å². The van der Waals surface area contributed by atoms with Gasteiger partial charge in [-0.15, -0.1) is 0 Å². The number of aliphatic hydroxyl groups excluding tert-OH is 2.